The maximum absolute atomic E-state index is 13.6. The van der Waals surface area contributed by atoms with E-state index in [1.807, 2.05) is 17.0 Å². The van der Waals surface area contributed by atoms with Crippen LogP contribution in [0.4, 0.5) is 10.1 Å². The first-order chi connectivity index (χ1) is 11.7. The third-order valence-corrected chi connectivity index (χ3v) is 4.31. The Hall–Kier alpha value is -2.43. The van der Waals surface area contributed by atoms with E-state index in [1.54, 1.807) is 24.4 Å². The van der Waals surface area contributed by atoms with Crippen molar-refractivity contribution in [2.45, 2.75) is 25.7 Å². The second-order valence-corrected chi connectivity index (χ2v) is 6.05. The quantitative estimate of drug-likeness (QED) is 0.914. The van der Waals surface area contributed by atoms with Crippen LogP contribution in [0.3, 0.4) is 0 Å². The number of carbonyl (C=O) groups is 1. The van der Waals surface area contributed by atoms with Crippen LogP contribution in [0.25, 0.3) is 0 Å². The lowest BCUT2D eigenvalue weighted by Gasteiger charge is -2.26. The molecule has 1 fully saturated rings. The number of nitrogens with one attached hydrogen (secondary N) is 1. The number of likely N-dealkylation sites (tertiary alicyclic amines) is 1. The van der Waals surface area contributed by atoms with Crippen molar-refractivity contribution in [1.82, 2.24) is 9.88 Å². The topological polar surface area (TPSA) is 45.2 Å². The van der Waals surface area contributed by atoms with Gasteiger partial charge in [-0.1, -0.05) is 18.2 Å². The lowest BCUT2D eigenvalue weighted by molar-refractivity contribution is 0.0718. The van der Waals surface area contributed by atoms with Crippen LogP contribution in [0.15, 0.2) is 42.6 Å². The van der Waals surface area contributed by atoms with Crippen LogP contribution in [-0.2, 0) is 6.42 Å². The Morgan fingerprint density at radius 2 is 1.92 bits per heavy atom. The summed E-state index contributed by atoms with van der Waals surface area (Å²) in [6.45, 7) is 2.26. The largest absolute Gasteiger partial charge is 0.383 e. The zero-order valence-electron chi connectivity index (χ0n) is 13.7. The van der Waals surface area contributed by atoms with Gasteiger partial charge in [0.05, 0.1) is 11.9 Å². The Balaban J connectivity index is 1.53. The molecular weight excluding hydrogens is 305 g/mol. The third-order valence-electron chi connectivity index (χ3n) is 4.31. The number of carbonyl (C=O) groups excluding carboxylic acids is 1. The Morgan fingerprint density at radius 1 is 1.12 bits per heavy atom. The molecule has 1 saturated heterocycles. The highest BCUT2D eigenvalue weighted by atomic mass is 19.1. The first-order valence-electron chi connectivity index (χ1n) is 8.46. The molecule has 1 aliphatic heterocycles. The van der Waals surface area contributed by atoms with Crippen molar-refractivity contribution >= 4 is 11.6 Å². The smallest absolute Gasteiger partial charge is 0.272 e. The lowest BCUT2D eigenvalue weighted by atomic mass is 10.1. The number of piperidine rings is 1. The molecule has 2 aromatic rings. The van der Waals surface area contributed by atoms with E-state index in [2.05, 4.69) is 10.3 Å². The summed E-state index contributed by atoms with van der Waals surface area (Å²) in [4.78, 5) is 18.5. The summed E-state index contributed by atoms with van der Waals surface area (Å²) in [5, 5.41) is 3.21. The molecule has 1 amide bonds. The van der Waals surface area contributed by atoms with Crippen LogP contribution in [0.5, 0.6) is 0 Å². The molecule has 0 unspecified atom stereocenters. The number of halogens is 1. The Labute approximate surface area is 141 Å². The average Bonchev–Trinajstić information content (AvgIpc) is 2.64. The van der Waals surface area contributed by atoms with Crippen LogP contribution in [0.2, 0.25) is 0 Å². The first-order valence-corrected chi connectivity index (χ1v) is 8.46. The molecule has 1 aromatic carbocycles. The fraction of sp³-hybridized carbons (Fsp3) is 0.368. The molecule has 1 aliphatic rings. The molecule has 4 nitrogen and oxygen atoms in total. The predicted octanol–water partition coefficient (Wildman–Crippen LogP) is 3.50. The van der Waals surface area contributed by atoms with E-state index in [-0.39, 0.29) is 11.7 Å². The van der Waals surface area contributed by atoms with Crippen LogP contribution in [0.1, 0.15) is 35.3 Å². The summed E-state index contributed by atoms with van der Waals surface area (Å²) in [7, 11) is 0. The van der Waals surface area contributed by atoms with E-state index in [1.165, 1.54) is 12.5 Å². The Kier molecular flexibility index (Phi) is 5.41. The molecule has 5 heteroatoms. The Bertz CT molecular complexity index is 681. The summed E-state index contributed by atoms with van der Waals surface area (Å²) in [5.74, 6) is -0.174. The van der Waals surface area contributed by atoms with Crippen molar-refractivity contribution in [3.05, 3.63) is 59.7 Å². The second kappa shape index (κ2) is 7.90. The van der Waals surface area contributed by atoms with E-state index in [0.717, 1.165) is 31.6 Å². The SMILES string of the molecule is O=C(c1ccc(NCCc2ccccc2F)cn1)N1CCCCC1. The van der Waals surface area contributed by atoms with Crippen molar-refractivity contribution in [3.63, 3.8) is 0 Å². The van der Waals surface area contributed by atoms with E-state index >= 15 is 0 Å². The minimum atomic E-state index is -0.181. The third kappa shape index (κ3) is 4.10. The van der Waals surface area contributed by atoms with Gasteiger partial charge in [0.2, 0.25) is 0 Å². The van der Waals surface area contributed by atoms with Crippen LogP contribution in [0, 0.1) is 5.82 Å². The molecule has 126 valence electrons. The molecule has 3 rings (SSSR count). The number of hydrogen-bond acceptors (Lipinski definition) is 3. The standard InChI is InChI=1S/C19H22FN3O/c20-17-7-3-2-6-15(17)10-11-21-16-8-9-18(22-14-16)19(24)23-12-4-1-5-13-23/h2-3,6-9,14,21H,1,4-5,10-13H2. The molecule has 1 N–H and O–H groups in total. The van der Waals surface area contributed by atoms with Gasteiger partial charge in [-0.25, -0.2) is 9.37 Å². The number of pyridine rings is 1. The van der Waals surface area contributed by atoms with Crippen molar-refractivity contribution in [1.29, 1.82) is 0 Å². The van der Waals surface area contributed by atoms with E-state index in [9.17, 15) is 9.18 Å². The zero-order chi connectivity index (χ0) is 16.8. The van der Waals surface area contributed by atoms with Gasteiger partial charge in [0.1, 0.15) is 11.5 Å². The monoisotopic (exact) mass is 327 g/mol. The fourth-order valence-electron chi connectivity index (χ4n) is 2.93. The van der Waals surface area contributed by atoms with Gasteiger partial charge in [0.15, 0.2) is 0 Å². The Morgan fingerprint density at radius 3 is 2.62 bits per heavy atom. The molecular formula is C19H22FN3O. The summed E-state index contributed by atoms with van der Waals surface area (Å²) in [5.41, 5.74) is 2.01. The molecule has 0 bridgehead atoms. The van der Waals surface area contributed by atoms with Crippen molar-refractivity contribution < 1.29 is 9.18 Å². The van der Waals surface area contributed by atoms with Gasteiger partial charge < -0.3 is 10.2 Å². The molecule has 0 saturated carbocycles. The number of amides is 1. The van der Waals surface area contributed by atoms with Gasteiger partial charge in [0.25, 0.3) is 5.91 Å². The maximum atomic E-state index is 13.6. The molecule has 1 aromatic heterocycles. The number of hydrogen-bond donors (Lipinski definition) is 1. The van der Waals surface area contributed by atoms with Gasteiger partial charge in [-0.3, -0.25) is 4.79 Å². The van der Waals surface area contributed by atoms with E-state index in [0.29, 0.717) is 24.2 Å². The molecule has 0 radical (unpaired) electrons. The van der Waals surface area contributed by atoms with Crippen LogP contribution >= 0.6 is 0 Å². The second-order valence-electron chi connectivity index (χ2n) is 6.05. The molecule has 2 heterocycles. The summed E-state index contributed by atoms with van der Waals surface area (Å²) >= 11 is 0. The van der Waals surface area contributed by atoms with Crippen molar-refractivity contribution in [2.24, 2.45) is 0 Å². The number of rotatable bonds is 5. The summed E-state index contributed by atoms with van der Waals surface area (Å²) in [6.07, 6.45) is 5.60. The molecule has 0 spiro atoms. The van der Waals surface area contributed by atoms with Crippen LogP contribution < -0.4 is 5.32 Å². The van der Waals surface area contributed by atoms with Crippen LogP contribution in [-0.4, -0.2) is 35.4 Å². The van der Waals surface area contributed by atoms with Gasteiger partial charge in [-0.05, 0) is 49.4 Å². The minimum Gasteiger partial charge on any atom is -0.383 e. The molecule has 0 atom stereocenters. The van der Waals surface area contributed by atoms with E-state index in [4.69, 9.17) is 0 Å². The van der Waals surface area contributed by atoms with E-state index < -0.39 is 0 Å². The number of anilines is 1. The maximum Gasteiger partial charge on any atom is 0.272 e. The fourth-order valence-corrected chi connectivity index (χ4v) is 2.93. The molecule has 24 heavy (non-hydrogen) atoms. The summed E-state index contributed by atoms with van der Waals surface area (Å²) in [6, 6.07) is 10.4. The number of aromatic nitrogens is 1. The zero-order valence-corrected chi connectivity index (χ0v) is 13.7. The van der Waals surface area contributed by atoms with Gasteiger partial charge >= 0.3 is 0 Å². The molecule has 0 aliphatic carbocycles. The number of benzene rings is 1. The summed E-state index contributed by atoms with van der Waals surface area (Å²) < 4.78 is 13.6. The highest BCUT2D eigenvalue weighted by Crippen LogP contribution is 2.14. The highest BCUT2D eigenvalue weighted by Gasteiger charge is 2.18. The normalized spacial score (nSPS) is 14.5. The number of nitrogens with zero attached hydrogens (tertiary/aromatic N) is 2. The average molecular weight is 327 g/mol. The van der Waals surface area contributed by atoms with Crippen molar-refractivity contribution in [2.75, 3.05) is 25.0 Å². The highest BCUT2D eigenvalue weighted by molar-refractivity contribution is 5.92. The van der Waals surface area contributed by atoms with Gasteiger partial charge in [-0.15, -0.1) is 0 Å². The van der Waals surface area contributed by atoms with Gasteiger partial charge in [0, 0.05) is 19.6 Å². The first kappa shape index (κ1) is 16.4. The minimum absolute atomic E-state index is 0.00704. The van der Waals surface area contributed by atoms with Gasteiger partial charge in [-0.2, -0.15) is 0 Å². The lowest BCUT2D eigenvalue weighted by Crippen LogP contribution is -2.36. The van der Waals surface area contributed by atoms with Crippen molar-refractivity contribution in [3.8, 4) is 0 Å². The predicted molar refractivity (Wildman–Crippen MR) is 92.6 cm³/mol.